The van der Waals surface area contributed by atoms with Crippen LogP contribution in [-0.4, -0.2) is 30.4 Å². The van der Waals surface area contributed by atoms with Crippen LogP contribution in [0, 0.1) is 29.1 Å². The molecule has 0 aromatic heterocycles. The molecule has 1 amide bonds. The van der Waals surface area contributed by atoms with Crippen molar-refractivity contribution in [2.45, 2.75) is 58.4 Å². The minimum Gasteiger partial charge on any atom is -0.344 e. The van der Waals surface area contributed by atoms with Crippen molar-refractivity contribution in [2.24, 2.45) is 34.8 Å². The van der Waals surface area contributed by atoms with E-state index in [1.807, 2.05) is 25.8 Å². The third-order valence-corrected chi connectivity index (χ3v) is 6.12. The second kappa shape index (κ2) is 5.01. The fourth-order valence-corrected chi connectivity index (χ4v) is 5.60. The van der Waals surface area contributed by atoms with Crippen molar-refractivity contribution < 1.29 is 4.79 Å². The number of carbonyl (C=O) groups excluding carboxylic acids is 1. The summed E-state index contributed by atoms with van der Waals surface area (Å²) in [6.07, 6.45) is 8.45. The summed E-state index contributed by atoms with van der Waals surface area (Å²) in [6, 6.07) is -0.339. The number of rotatable bonds is 4. The van der Waals surface area contributed by atoms with Gasteiger partial charge < -0.3 is 10.6 Å². The lowest BCUT2D eigenvalue weighted by atomic mass is 9.49. The summed E-state index contributed by atoms with van der Waals surface area (Å²) in [7, 11) is 1.96. The van der Waals surface area contributed by atoms with Crippen molar-refractivity contribution in [1.82, 2.24) is 4.90 Å². The molecule has 0 aromatic rings. The highest BCUT2D eigenvalue weighted by Crippen LogP contribution is 2.60. The molecule has 4 fully saturated rings. The van der Waals surface area contributed by atoms with E-state index < -0.39 is 0 Å². The van der Waals surface area contributed by atoms with E-state index in [0.717, 1.165) is 24.3 Å². The number of amides is 1. The van der Waals surface area contributed by atoms with Gasteiger partial charge in [-0.15, -0.1) is 0 Å². The highest BCUT2D eigenvalue weighted by Gasteiger charge is 2.51. The first-order valence-electron chi connectivity index (χ1n) is 8.39. The number of hydrogen-bond donors (Lipinski definition) is 1. The molecular formula is C17H30N2O. The molecule has 4 saturated carbocycles. The van der Waals surface area contributed by atoms with Crippen molar-refractivity contribution in [1.29, 1.82) is 0 Å². The van der Waals surface area contributed by atoms with Crippen LogP contribution in [0.2, 0.25) is 0 Å². The van der Waals surface area contributed by atoms with E-state index in [0.29, 0.717) is 5.41 Å². The van der Waals surface area contributed by atoms with Gasteiger partial charge in [0.2, 0.25) is 5.91 Å². The molecule has 20 heavy (non-hydrogen) atoms. The molecule has 0 aromatic carbocycles. The van der Waals surface area contributed by atoms with Gasteiger partial charge >= 0.3 is 0 Å². The average molecular weight is 278 g/mol. The second-order valence-corrected chi connectivity index (χ2v) is 8.38. The van der Waals surface area contributed by atoms with Crippen LogP contribution in [-0.2, 0) is 4.79 Å². The highest BCUT2D eigenvalue weighted by molar-refractivity contribution is 5.81. The molecule has 3 heteroatoms. The molecule has 3 nitrogen and oxygen atoms in total. The largest absolute Gasteiger partial charge is 0.344 e. The van der Waals surface area contributed by atoms with Crippen LogP contribution in [0.15, 0.2) is 0 Å². The van der Waals surface area contributed by atoms with Crippen LogP contribution < -0.4 is 5.73 Å². The first-order chi connectivity index (χ1) is 9.38. The number of nitrogens with zero attached hydrogens (tertiary/aromatic N) is 1. The van der Waals surface area contributed by atoms with E-state index in [9.17, 15) is 4.79 Å². The maximum atomic E-state index is 12.4. The third-order valence-electron chi connectivity index (χ3n) is 6.12. The summed E-state index contributed by atoms with van der Waals surface area (Å²) in [5.74, 6) is 3.20. The lowest BCUT2D eigenvalue weighted by molar-refractivity contribution is -0.137. The van der Waals surface area contributed by atoms with E-state index in [4.69, 9.17) is 5.73 Å². The lowest BCUT2D eigenvalue weighted by Crippen LogP contribution is -2.54. The molecule has 0 saturated heterocycles. The Labute approximate surface area is 123 Å². The van der Waals surface area contributed by atoms with Gasteiger partial charge in [0, 0.05) is 13.6 Å². The molecule has 0 radical (unpaired) electrons. The summed E-state index contributed by atoms with van der Waals surface area (Å²) in [6.45, 7) is 5.00. The first kappa shape index (κ1) is 14.4. The SMILES string of the molecule is CC(C)C(N)C(=O)N(C)CC12CC3CC(CC(C3)C1)C2. The van der Waals surface area contributed by atoms with Crippen LogP contribution in [0.3, 0.4) is 0 Å². The fraction of sp³-hybridized carbons (Fsp3) is 0.941. The molecule has 1 atom stereocenters. The van der Waals surface area contributed by atoms with Gasteiger partial charge in [0.05, 0.1) is 6.04 Å². The van der Waals surface area contributed by atoms with Gasteiger partial charge in [-0.05, 0) is 67.6 Å². The molecular weight excluding hydrogens is 248 g/mol. The van der Waals surface area contributed by atoms with Gasteiger partial charge in [0.1, 0.15) is 0 Å². The van der Waals surface area contributed by atoms with Crippen LogP contribution >= 0.6 is 0 Å². The van der Waals surface area contributed by atoms with E-state index in [1.165, 1.54) is 38.5 Å². The standard InChI is InChI=1S/C17H30N2O/c1-11(2)15(18)16(20)19(3)10-17-7-12-4-13(8-17)6-14(5-12)9-17/h11-15H,4-10,18H2,1-3H3. The molecule has 0 heterocycles. The Morgan fingerprint density at radius 3 is 2.00 bits per heavy atom. The van der Waals surface area contributed by atoms with Gasteiger partial charge in [0.15, 0.2) is 0 Å². The lowest BCUT2D eigenvalue weighted by Gasteiger charge is -2.57. The molecule has 0 spiro atoms. The van der Waals surface area contributed by atoms with E-state index in [1.54, 1.807) is 0 Å². The monoisotopic (exact) mass is 278 g/mol. The Morgan fingerprint density at radius 2 is 1.60 bits per heavy atom. The number of carbonyl (C=O) groups is 1. The average Bonchev–Trinajstić information content (AvgIpc) is 2.34. The normalized spacial score (nSPS) is 40.1. The molecule has 4 aliphatic rings. The van der Waals surface area contributed by atoms with Crippen LogP contribution in [0.4, 0.5) is 0 Å². The minimum absolute atomic E-state index is 0.135. The Kier molecular flexibility index (Phi) is 3.60. The van der Waals surface area contributed by atoms with E-state index in [2.05, 4.69) is 0 Å². The Morgan fingerprint density at radius 1 is 1.15 bits per heavy atom. The van der Waals surface area contributed by atoms with Crippen molar-refractivity contribution in [3.8, 4) is 0 Å². The molecule has 4 rings (SSSR count). The van der Waals surface area contributed by atoms with Crippen molar-refractivity contribution in [3.05, 3.63) is 0 Å². The van der Waals surface area contributed by atoms with Gasteiger partial charge in [0.25, 0.3) is 0 Å². The second-order valence-electron chi connectivity index (χ2n) is 8.38. The zero-order chi connectivity index (χ0) is 14.5. The quantitative estimate of drug-likeness (QED) is 0.859. The molecule has 4 bridgehead atoms. The van der Waals surface area contributed by atoms with Gasteiger partial charge in [-0.2, -0.15) is 0 Å². The predicted octanol–water partition coefficient (Wildman–Crippen LogP) is 2.64. The minimum atomic E-state index is -0.339. The van der Waals surface area contributed by atoms with Crippen LogP contribution in [0.25, 0.3) is 0 Å². The molecule has 114 valence electrons. The molecule has 0 aliphatic heterocycles. The number of nitrogens with two attached hydrogens (primary N) is 1. The summed E-state index contributed by atoms with van der Waals surface area (Å²) in [5.41, 5.74) is 6.46. The number of hydrogen-bond acceptors (Lipinski definition) is 2. The van der Waals surface area contributed by atoms with Gasteiger partial charge in [-0.1, -0.05) is 13.8 Å². The molecule has 4 aliphatic carbocycles. The van der Waals surface area contributed by atoms with Gasteiger partial charge in [-0.25, -0.2) is 0 Å². The highest BCUT2D eigenvalue weighted by atomic mass is 16.2. The third kappa shape index (κ3) is 2.49. The zero-order valence-corrected chi connectivity index (χ0v) is 13.3. The maximum Gasteiger partial charge on any atom is 0.239 e. The smallest absolute Gasteiger partial charge is 0.239 e. The van der Waals surface area contributed by atoms with Crippen LogP contribution in [0.5, 0.6) is 0 Å². The van der Waals surface area contributed by atoms with E-state index in [-0.39, 0.29) is 17.9 Å². The summed E-state index contributed by atoms with van der Waals surface area (Å²) in [5, 5.41) is 0. The van der Waals surface area contributed by atoms with Crippen LogP contribution in [0.1, 0.15) is 52.4 Å². The zero-order valence-electron chi connectivity index (χ0n) is 13.3. The number of likely N-dealkylation sites (N-methyl/N-ethyl adjacent to an activating group) is 1. The summed E-state index contributed by atoms with van der Waals surface area (Å²) in [4.78, 5) is 14.4. The fourth-order valence-electron chi connectivity index (χ4n) is 5.60. The van der Waals surface area contributed by atoms with Crippen molar-refractivity contribution in [3.63, 3.8) is 0 Å². The van der Waals surface area contributed by atoms with Gasteiger partial charge in [-0.3, -0.25) is 4.79 Å². The van der Waals surface area contributed by atoms with E-state index >= 15 is 0 Å². The maximum absolute atomic E-state index is 12.4. The molecule has 1 unspecified atom stereocenters. The first-order valence-corrected chi connectivity index (χ1v) is 8.39. The predicted molar refractivity (Wildman–Crippen MR) is 81.1 cm³/mol. The Balaban J connectivity index is 1.67. The van der Waals surface area contributed by atoms with Crippen molar-refractivity contribution in [2.75, 3.05) is 13.6 Å². The van der Waals surface area contributed by atoms with Crippen molar-refractivity contribution >= 4 is 5.91 Å². The summed E-state index contributed by atoms with van der Waals surface area (Å²) < 4.78 is 0. The topological polar surface area (TPSA) is 46.3 Å². The molecule has 2 N–H and O–H groups in total. The Hall–Kier alpha value is -0.570. The summed E-state index contributed by atoms with van der Waals surface area (Å²) >= 11 is 0. The Bertz CT molecular complexity index is 355.